The Morgan fingerprint density at radius 1 is 0.520 bits per heavy atom. The number of carboxylic acid groups (broad SMARTS) is 1. The molecule has 0 aliphatic rings. The van der Waals surface area contributed by atoms with E-state index in [0.717, 1.165) is 4.57 Å². The number of halogens is 2. The third-order valence-electron chi connectivity index (χ3n) is 15.0. The summed E-state index contributed by atoms with van der Waals surface area (Å²) in [5.74, 6) is -1.85. The summed E-state index contributed by atoms with van der Waals surface area (Å²) in [4.78, 5) is 161. The molecule has 0 atom stereocenters. The topological polar surface area (TPSA) is 580 Å². The number of carbonyl (C=O) groups excluding carboxylic acids is 3. The van der Waals surface area contributed by atoms with Crippen LogP contribution in [0.15, 0.2) is 238 Å². The van der Waals surface area contributed by atoms with Crippen molar-refractivity contribution in [3.05, 3.63) is 296 Å². The molecular weight excluding hydrogens is 1730 g/mol. The second kappa shape index (κ2) is 52.9. The Hall–Kier alpha value is -14.1. The SMILES string of the molecule is C.C.C.CCOC(=O)c1cnc(SC)nc1Cl.CCOC(=O)c1cnc(SC)nc1Nc1cccc([N+](=O)[O-])c1.CSc1ncc(C(=O)Nc2ccccc2)c(Nc2cccc([N+](=O)[O-])c2)n1.CSc1ncc(C(=O)O)c(Nc2cccc([N+](=O)[O-])c2)n1.O.O=c1c2cnc(-n3ccnc3)nc2n(-c2cccc([N+](=O)[O-])c2)c(=O)n1-c1ccccc1.[2H]CF.[Li+].[OH-]. The van der Waals surface area contributed by atoms with Crippen molar-refractivity contribution >= 4 is 156 Å². The smallest absolute Gasteiger partial charge is 0.870 e. The number of ether oxygens (including phenoxy) is 2. The van der Waals surface area contributed by atoms with Crippen LogP contribution in [0.2, 0.25) is 5.15 Å². The van der Waals surface area contributed by atoms with Crippen molar-refractivity contribution in [1.82, 2.24) is 68.5 Å². The number of amides is 1. The molecule has 0 fully saturated rings. The summed E-state index contributed by atoms with van der Waals surface area (Å²) in [6, 6.07) is 40.6. The first kappa shape index (κ1) is 105. The van der Waals surface area contributed by atoms with Gasteiger partial charge in [0.25, 0.3) is 34.2 Å². The minimum atomic E-state index is -1.18. The van der Waals surface area contributed by atoms with E-state index in [1.807, 2.05) is 30.7 Å². The van der Waals surface area contributed by atoms with Gasteiger partial charge in [-0.2, -0.15) is 4.98 Å². The molecule has 41 nitrogen and oxygen atoms in total. The van der Waals surface area contributed by atoms with Crippen LogP contribution in [0.5, 0.6) is 0 Å². The molecule has 0 radical (unpaired) electrons. The van der Waals surface area contributed by atoms with Gasteiger partial charge in [-0.1, -0.05) is 142 Å². The number of imidazole rings is 1. The second-order valence-corrected chi connectivity index (χ2v) is 26.0. The van der Waals surface area contributed by atoms with Gasteiger partial charge in [0.1, 0.15) is 56.6 Å². The van der Waals surface area contributed by atoms with Gasteiger partial charge in [-0.3, -0.25) is 59.0 Å². The van der Waals surface area contributed by atoms with Crippen molar-refractivity contribution in [2.24, 2.45) is 0 Å². The number of carbonyl (C=O) groups is 4. The van der Waals surface area contributed by atoms with Crippen molar-refractivity contribution in [2.75, 3.05) is 66.7 Å². The van der Waals surface area contributed by atoms with Gasteiger partial charge in [0.15, 0.2) is 26.3 Å². The summed E-state index contributed by atoms with van der Waals surface area (Å²) in [5, 5.41) is 66.5. The average molecular weight is 1810 g/mol. The van der Waals surface area contributed by atoms with E-state index < -0.39 is 56.0 Å². The van der Waals surface area contributed by atoms with Crippen molar-refractivity contribution in [3.8, 4) is 17.3 Å². The third-order valence-corrected chi connectivity index (χ3v) is 17.6. The molecule has 6 aromatic carbocycles. The molecule has 0 aliphatic heterocycles. The fourth-order valence-corrected chi connectivity index (χ4v) is 11.4. The third kappa shape index (κ3) is 29.6. The predicted octanol–water partition coefficient (Wildman–Crippen LogP) is 12.2. The van der Waals surface area contributed by atoms with Gasteiger partial charge in [-0.15, -0.1) is 0 Å². The fourth-order valence-electron chi connectivity index (χ4n) is 9.74. The van der Waals surface area contributed by atoms with Gasteiger partial charge in [0.05, 0.1) is 52.8 Å². The van der Waals surface area contributed by atoms with Gasteiger partial charge in [-0.25, -0.2) is 78.2 Å². The van der Waals surface area contributed by atoms with E-state index in [-0.39, 0.29) is 155 Å². The van der Waals surface area contributed by atoms with Crippen molar-refractivity contribution in [2.45, 2.75) is 56.8 Å². The van der Waals surface area contributed by atoms with Crippen LogP contribution in [-0.2, 0) is 9.47 Å². The monoisotopic (exact) mass is 1810 g/mol. The molecule has 0 spiro atoms. The van der Waals surface area contributed by atoms with E-state index in [1.54, 1.807) is 105 Å². The van der Waals surface area contributed by atoms with Crippen LogP contribution >= 0.6 is 58.6 Å². The van der Waals surface area contributed by atoms with E-state index in [9.17, 15) is 73.6 Å². The predicted molar refractivity (Wildman–Crippen MR) is 470 cm³/mol. The Balaban J connectivity index is 0.000000533. The number of non-ortho nitro benzene ring substituents is 4. The number of nitro benzene ring substituents is 4. The molecule has 0 aliphatic carbocycles. The summed E-state index contributed by atoms with van der Waals surface area (Å²) in [6.07, 6.45) is 18.5. The summed E-state index contributed by atoms with van der Waals surface area (Å²) < 4.78 is 28.9. The van der Waals surface area contributed by atoms with Gasteiger partial charge >= 0.3 is 42.5 Å². The van der Waals surface area contributed by atoms with Crippen LogP contribution in [0.1, 0.15) is 78.9 Å². The van der Waals surface area contributed by atoms with Crippen molar-refractivity contribution in [3.63, 3.8) is 0 Å². The number of aromatic carboxylic acids is 1. The van der Waals surface area contributed by atoms with E-state index in [2.05, 4.69) is 76.1 Å². The van der Waals surface area contributed by atoms with E-state index in [4.69, 9.17) is 27.6 Å². The van der Waals surface area contributed by atoms with Crippen LogP contribution in [0, 0.1) is 40.5 Å². The van der Waals surface area contributed by atoms with Crippen LogP contribution in [0.25, 0.3) is 28.4 Å². The van der Waals surface area contributed by atoms with E-state index in [0.29, 0.717) is 55.7 Å². The van der Waals surface area contributed by atoms with Crippen LogP contribution in [0.3, 0.4) is 0 Å². The molecule has 48 heteroatoms. The number of nitro groups is 4. The van der Waals surface area contributed by atoms with Gasteiger partial charge < -0.3 is 46.8 Å². The Bertz CT molecular complexity index is 6000. The van der Waals surface area contributed by atoms with Gasteiger partial charge in [0, 0.05) is 115 Å². The largest absolute Gasteiger partial charge is 1.00 e. The number of carboxylic acids is 1. The number of rotatable bonds is 24. The zero-order chi connectivity index (χ0) is 87.0. The molecule has 13 rings (SSSR count). The number of alkyl halides is 1. The zero-order valence-corrected chi connectivity index (χ0v) is 68.6. The standard InChI is InChI=1S/C21H13N7O4.C18H15N5O3S.C14H14N4O4S.C12H10N4O4S.C8H9ClN2O2S.CH3F.3CH4.Li.2H2O/c29-19-17-12-23-20(25-10-9-22-13-25)24-18(17)26(15-7-4-8-16(11-15)28(31)32)21(30)27(19)14-5-2-1-3-6-14;1-27-18-19-11-15(17(24)21-12-6-3-2-4-7-12)16(22-18)20-13-8-5-9-14(10-13)23(25)26;1-3-22-13(19)11-8-15-14(23-2)17-12(11)16-9-5-4-6-10(7-9)18(20)21;1-21-12-13-6-9(11(17)18)10(15-12)14-7-3-2-4-8(5-7)16(19)20;1-3-13-7(12)5-4-10-8(14-2)11-6(5)9;1-2;;;;;;/h1-13H;2-11H,1H3,(H,21,24)(H,19,20,22);4-8H,3H2,1-2H3,(H,15,16,17);2-6H,1H3,(H,17,18)(H,13,14,15);4H,3H2,1-2H3;1H3;3*1H4;;2*1H2/q;;;;;;;;;+1;;/p-1/i;;;;;1D;;;;;;. The number of nitrogens with zero attached hydrogens (tertiary/aromatic N) is 18. The number of thioether (sulfide) groups is 4. The number of hydrogen-bond donors (Lipinski definition) is 5. The minimum Gasteiger partial charge on any atom is -0.870 e. The molecule has 0 saturated carbocycles. The zero-order valence-electron chi connectivity index (χ0n) is 65.6. The van der Waals surface area contributed by atoms with Crippen LogP contribution in [-0.4, -0.2) is 173 Å². The molecule has 0 saturated heterocycles. The Morgan fingerprint density at radius 3 is 1.33 bits per heavy atom. The Morgan fingerprint density at radius 2 is 0.904 bits per heavy atom. The number of esters is 2. The molecule has 7 aromatic heterocycles. The number of fused-ring (bicyclic) bond motifs is 1. The van der Waals surface area contributed by atoms with Crippen LogP contribution in [0.4, 0.5) is 67.3 Å². The first-order chi connectivity index (χ1) is 57.8. The van der Waals surface area contributed by atoms with E-state index >= 15 is 0 Å². The second-order valence-electron chi connectivity index (χ2n) is 22.5. The Kier molecular flexibility index (Phi) is 44.5. The summed E-state index contributed by atoms with van der Waals surface area (Å²) in [5.41, 5.74) is 1.18. The average Bonchev–Trinajstić information content (AvgIpc) is 0.892. The first-order valence-corrected chi connectivity index (χ1v) is 39.0. The number of anilines is 7. The maximum atomic E-state index is 13.6. The van der Waals surface area contributed by atoms with Crippen LogP contribution < -0.4 is 51.4 Å². The molecule has 8 N–H and O–H groups in total. The first-order valence-electron chi connectivity index (χ1n) is 34.4. The molecule has 7 heterocycles. The number of benzene rings is 6. The summed E-state index contributed by atoms with van der Waals surface area (Å²) in [6.45, 7) is 3.95. The number of para-hydroxylation sites is 2. The van der Waals surface area contributed by atoms with Crippen molar-refractivity contribution in [1.29, 1.82) is 0 Å². The van der Waals surface area contributed by atoms with Crippen molar-refractivity contribution < 1.29 is 89.0 Å². The molecule has 13 aromatic rings. The maximum absolute atomic E-state index is 13.6. The fraction of sp³-hybridized carbons (Fsp3) is 0.156. The van der Waals surface area contributed by atoms with E-state index in [1.165, 1.54) is 166 Å². The summed E-state index contributed by atoms with van der Waals surface area (Å²) >= 11 is 11.0. The quantitative estimate of drug-likeness (QED) is 0.00713. The maximum Gasteiger partial charge on any atom is 1.00 e. The molecule has 0 unspecified atom stereocenters. The molecular formula is C77H79ClFLiN22O19S4. The number of aromatic nitrogens is 14. The normalized spacial score (nSPS) is 9.87. The molecule has 125 heavy (non-hydrogen) atoms. The number of hydrogen-bond acceptors (Lipinski definition) is 35. The molecule has 1 amide bonds. The number of nitrogens with one attached hydrogen (secondary N) is 4. The molecule has 650 valence electrons. The summed E-state index contributed by atoms with van der Waals surface area (Å²) in [7, 11) is -1.00. The Labute approximate surface area is 746 Å². The molecule has 0 bridgehead atoms. The van der Waals surface area contributed by atoms with Gasteiger partial charge in [-0.05, 0) is 87.4 Å². The van der Waals surface area contributed by atoms with Gasteiger partial charge in [0.2, 0.25) is 5.95 Å². The minimum absolute atomic E-state index is 0.